The SMILES string of the molecule is CCCN(C)c1ccc(C(=O)NC[C@@H]2CCCO2)cc1. The summed E-state index contributed by atoms with van der Waals surface area (Å²) in [5, 5.41) is 2.94. The third-order valence-corrected chi connectivity index (χ3v) is 3.64. The number of ether oxygens (including phenoxy) is 1. The molecule has 1 aromatic rings. The van der Waals surface area contributed by atoms with Crippen molar-refractivity contribution in [2.24, 2.45) is 0 Å². The van der Waals surface area contributed by atoms with Crippen LogP contribution in [-0.4, -0.2) is 38.8 Å². The van der Waals surface area contributed by atoms with Gasteiger partial charge in [0.1, 0.15) is 0 Å². The molecule has 0 saturated carbocycles. The fraction of sp³-hybridized carbons (Fsp3) is 0.562. The maximum absolute atomic E-state index is 12.0. The third-order valence-electron chi connectivity index (χ3n) is 3.64. The highest BCUT2D eigenvalue weighted by Crippen LogP contribution is 2.14. The average Bonchev–Trinajstić information content (AvgIpc) is 2.98. The first-order valence-electron chi connectivity index (χ1n) is 7.41. The minimum atomic E-state index is -0.0230. The van der Waals surface area contributed by atoms with Crippen molar-refractivity contribution in [2.75, 3.05) is 31.6 Å². The van der Waals surface area contributed by atoms with E-state index in [1.807, 2.05) is 24.3 Å². The number of carbonyl (C=O) groups excluding carboxylic acids is 1. The van der Waals surface area contributed by atoms with Crippen LogP contribution >= 0.6 is 0 Å². The molecule has 0 unspecified atom stereocenters. The van der Waals surface area contributed by atoms with E-state index in [4.69, 9.17) is 4.74 Å². The van der Waals surface area contributed by atoms with Crippen LogP contribution in [0.3, 0.4) is 0 Å². The Bertz CT molecular complexity index is 425. The van der Waals surface area contributed by atoms with Crippen LogP contribution in [0.5, 0.6) is 0 Å². The van der Waals surface area contributed by atoms with Crippen molar-refractivity contribution >= 4 is 11.6 Å². The first-order valence-corrected chi connectivity index (χ1v) is 7.41. The van der Waals surface area contributed by atoms with Crippen LogP contribution < -0.4 is 10.2 Å². The monoisotopic (exact) mass is 276 g/mol. The minimum Gasteiger partial charge on any atom is -0.376 e. The lowest BCUT2D eigenvalue weighted by Gasteiger charge is -2.18. The Kier molecular flexibility index (Phi) is 5.41. The van der Waals surface area contributed by atoms with Gasteiger partial charge in [-0.15, -0.1) is 0 Å². The second-order valence-electron chi connectivity index (χ2n) is 5.31. The molecule has 0 radical (unpaired) electrons. The molecule has 20 heavy (non-hydrogen) atoms. The lowest BCUT2D eigenvalue weighted by molar-refractivity contribution is 0.0858. The van der Waals surface area contributed by atoms with E-state index in [0.717, 1.165) is 38.1 Å². The van der Waals surface area contributed by atoms with E-state index >= 15 is 0 Å². The molecule has 4 nitrogen and oxygen atoms in total. The van der Waals surface area contributed by atoms with Crippen molar-refractivity contribution in [2.45, 2.75) is 32.3 Å². The number of carbonyl (C=O) groups is 1. The van der Waals surface area contributed by atoms with E-state index in [2.05, 4.69) is 24.2 Å². The molecule has 1 aromatic carbocycles. The van der Waals surface area contributed by atoms with Crippen LogP contribution in [0.1, 0.15) is 36.5 Å². The molecule has 1 heterocycles. The zero-order valence-electron chi connectivity index (χ0n) is 12.4. The highest BCUT2D eigenvalue weighted by molar-refractivity contribution is 5.94. The largest absolute Gasteiger partial charge is 0.376 e. The molecular weight excluding hydrogens is 252 g/mol. The van der Waals surface area contributed by atoms with Gasteiger partial charge in [-0.25, -0.2) is 0 Å². The molecule has 0 bridgehead atoms. The highest BCUT2D eigenvalue weighted by atomic mass is 16.5. The summed E-state index contributed by atoms with van der Waals surface area (Å²) in [6.07, 6.45) is 3.44. The number of benzene rings is 1. The molecule has 1 atom stereocenters. The minimum absolute atomic E-state index is 0.0230. The number of hydrogen-bond acceptors (Lipinski definition) is 3. The first kappa shape index (κ1) is 14.9. The van der Waals surface area contributed by atoms with Gasteiger partial charge in [0, 0.05) is 38.0 Å². The Hall–Kier alpha value is -1.55. The van der Waals surface area contributed by atoms with Gasteiger partial charge < -0.3 is 15.0 Å². The summed E-state index contributed by atoms with van der Waals surface area (Å²) in [4.78, 5) is 14.2. The standard InChI is InChI=1S/C16H24N2O2/c1-3-10-18(2)14-8-6-13(7-9-14)16(19)17-12-15-5-4-11-20-15/h6-9,15H,3-5,10-12H2,1-2H3,(H,17,19)/t15-/m0/s1. The summed E-state index contributed by atoms with van der Waals surface area (Å²) >= 11 is 0. The van der Waals surface area contributed by atoms with Gasteiger partial charge in [0.25, 0.3) is 5.91 Å². The number of hydrogen-bond donors (Lipinski definition) is 1. The predicted octanol–water partition coefficient (Wildman–Crippen LogP) is 2.44. The molecule has 0 aliphatic carbocycles. The zero-order chi connectivity index (χ0) is 14.4. The molecule has 110 valence electrons. The van der Waals surface area contributed by atoms with Gasteiger partial charge in [-0.2, -0.15) is 0 Å². The van der Waals surface area contributed by atoms with Gasteiger partial charge in [-0.3, -0.25) is 4.79 Å². The van der Waals surface area contributed by atoms with Gasteiger partial charge >= 0.3 is 0 Å². The molecule has 1 aliphatic rings. The maximum atomic E-state index is 12.0. The Morgan fingerprint density at radius 3 is 2.75 bits per heavy atom. The number of amides is 1. The van der Waals surface area contributed by atoms with Crippen molar-refractivity contribution in [1.29, 1.82) is 0 Å². The van der Waals surface area contributed by atoms with E-state index in [1.165, 1.54) is 0 Å². The predicted molar refractivity (Wildman–Crippen MR) is 81.3 cm³/mol. The summed E-state index contributed by atoms with van der Waals surface area (Å²) in [5.74, 6) is -0.0230. The van der Waals surface area contributed by atoms with Crippen molar-refractivity contribution in [3.05, 3.63) is 29.8 Å². The number of nitrogens with zero attached hydrogens (tertiary/aromatic N) is 1. The van der Waals surface area contributed by atoms with Crippen molar-refractivity contribution in [3.8, 4) is 0 Å². The average molecular weight is 276 g/mol. The quantitative estimate of drug-likeness (QED) is 0.867. The fourth-order valence-corrected chi connectivity index (χ4v) is 2.45. The number of rotatable bonds is 6. The van der Waals surface area contributed by atoms with E-state index < -0.39 is 0 Å². The molecule has 4 heteroatoms. The highest BCUT2D eigenvalue weighted by Gasteiger charge is 2.16. The first-order chi connectivity index (χ1) is 9.70. The van der Waals surface area contributed by atoms with Crippen LogP contribution in [0, 0.1) is 0 Å². The Balaban J connectivity index is 1.86. The van der Waals surface area contributed by atoms with E-state index in [-0.39, 0.29) is 12.0 Å². The topological polar surface area (TPSA) is 41.6 Å². The Morgan fingerprint density at radius 1 is 1.40 bits per heavy atom. The molecule has 0 spiro atoms. The fourth-order valence-electron chi connectivity index (χ4n) is 2.45. The summed E-state index contributed by atoms with van der Waals surface area (Å²) in [6, 6.07) is 7.76. The van der Waals surface area contributed by atoms with Gasteiger partial charge in [0.05, 0.1) is 6.10 Å². The van der Waals surface area contributed by atoms with Gasteiger partial charge in [-0.05, 0) is 43.5 Å². The summed E-state index contributed by atoms with van der Waals surface area (Å²) in [7, 11) is 2.07. The lowest BCUT2D eigenvalue weighted by atomic mass is 10.1. The molecule has 1 aliphatic heterocycles. The van der Waals surface area contributed by atoms with E-state index in [0.29, 0.717) is 12.1 Å². The molecule has 1 saturated heterocycles. The molecular formula is C16H24N2O2. The van der Waals surface area contributed by atoms with Gasteiger partial charge in [0.2, 0.25) is 0 Å². The molecule has 1 fully saturated rings. The Morgan fingerprint density at radius 2 is 2.15 bits per heavy atom. The second kappa shape index (κ2) is 7.29. The van der Waals surface area contributed by atoms with Gasteiger partial charge in [0.15, 0.2) is 0 Å². The summed E-state index contributed by atoms with van der Waals surface area (Å²) in [6.45, 7) is 4.60. The second-order valence-corrected chi connectivity index (χ2v) is 5.31. The zero-order valence-corrected chi connectivity index (χ0v) is 12.4. The van der Waals surface area contributed by atoms with Crippen LogP contribution in [0.25, 0.3) is 0 Å². The van der Waals surface area contributed by atoms with Crippen molar-refractivity contribution in [3.63, 3.8) is 0 Å². The molecule has 0 aromatic heterocycles. The van der Waals surface area contributed by atoms with Crippen molar-refractivity contribution in [1.82, 2.24) is 5.32 Å². The van der Waals surface area contributed by atoms with E-state index in [9.17, 15) is 4.79 Å². The Labute approximate surface area is 121 Å². The van der Waals surface area contributed by atoms with Crippen LogP contribution in [0.2, 0.25) is 0 Å². The lowest BCUT2D eigenvalue weighted by Crippen LogP contribution is -2.31. The molecule has 1 N–H and O–H groups in total. The van der Waals surface area contributed by atoms with Crippen LogP contribution in [0.15, 0.2) is 24.3 Å². The summed E-state index contributed by atoms with van der Waals surface area (Å²) in [5.41, 5.74) is 1.85. The summed E-state index contributed by atoms with van der Waals surface area (Å²) < 4.78 is 5.50. The van der Waals surface area contributed by atoms with Gasteiger partial charge in [-0.1, -0.05) is 6.92 Å². The van der Waals surface area contributed by atoms with Crippen LogP contribution in [0.4, 0.5) is 5.69 Å². The number of nitrogens with one attached hydrogen (secondary N) is 1. The van der Waals surface area contributed by atoms with E-state index in [1.54, 1.807) is 0 Å². The molecule has 2 rings (SSSR count). The molecule has 1 amide bonds. The van der Waals surface area contributed by atoms with Crippen LogP contribution in [-0.2, 0) is 4.74 Å². The maximum Gasteiger partial charge on any atom is 0.251 e. The van der Waals surface area contributed by atoms with Crippen molar-refractivity contribution < 1.29 is 9.53 Å². The normalized spacial score (nSPS) is 18.0. The number of anilines is 1. The smallest absolute Gasteiger partial charge is 0.251 e. The third kappa shape index (κ3) is 3.97.